The molecule has 0 unspecified atom stereocenters. The van der Waals surface area contributed by atoms with Crippen molar-refractivity contribution in [3.8, 4) is 22.9 Å². The van der Waals surface area contributed by atoms with Gasteiger partial charge in [0.2, 0.25) is 5.91 Å². The second-order valence-electron chi connectivity index (χ2n) is 12.9. The van der Waals surface area contributed by atoms with Gasteiger partial charge in [-0.05, 0) is 81.1 Å². The van der Waals surface area contributed by atoms with Crippen LogP contribution >= 0.6 is 0 Å². The lowest BCUT2D eigenvalue weighted by Crippen LogP contribution is -2.61. The summed E-state index contributed by atoms with van der Waals surface area (Å²) in [7, 11) is 3.84. The average molecular weight is 608 g/mol. The molecule has 234 valence electrons. The molecule has 7 rings (SSSR count). The second kappa shape index (κ2) is 11.5. The van der Waals surface area contributed by atoms with E-state index in [-0.39, 0.29) is 11.3 Å². The fourth-order valence-corrected chi connectivity index (χ4v) is 7.52. The Labute approximate surface area is 263 Å². The van der Waals surface area contributed by atoms with Gasteiger partial charge in [0, 0.05) is 54.0 Å². The molecule has 0 bridgehead atoms. The van der Waals surface area contributed by atoms with Gasteiger partial charge in [0.25, 0.3) is 0 Å². The van der Waals surface area contributed by atoms with E-state index in [1.807, 2.05) is 23.2 Å². The number of nitrogens with one attached hydrogen (secondary N) is 1. The van der Waals surface area contributed by atoms with Gasteiger partial charge in [-0.25, -0.2) is 0 Å². The minimum atomic E-state index is 0.0146. The van der Waals surface area contributed by atoms with Crippen molar-refractivity contribution in [2.45, 2.75) is 38.6 Å². The number of hydrogen-bond donors (Lipinski definition) is 1. The van der Waals surface area contributed by atoms with Gasteiger partial charge in [-0.1, -0.05) is 25.3 Å². The van der Waals surface area contributed by atoms with Crippen LogP contribution in [-0.2, 0) is 4.79 Å². The van der Waals surface area contributed by atoms with Gasteiger partial charge in [-0.2, -0.15) is 15.1 Å². The number of likely N-dealkylation sites (tertiary alicyclic amines) is 2. The molecule has 2 aromatic carbocycles. The minimum Gasteiger partial charge on any atom is -0.494 e. The highest BCUT2D eigenvalue weighted by Gasteiger charge is 2.46. The summed E-state index contributed by atoms with van der Waals surface area (Å²) in [6.07, 6.45) is 9.37. The number of hydrogen-bond acceptors (Lipinski definition) is 8. The fourth-order valence-electron chi connectivity index (χ4n) is 7.52. The molecule has 1 spiro atoms. The Balaban J connectivity index is 1.33. The first-order chi connectivity index (χ1) is 21.8. The molecule has 0 aliphatic carbocycles. The molecule has 10 nitrogen and oxygen atoms in total. The van der Waals surface area contributed by atoms with Crippen LogP contribution in [0, 0.1) is 12.3 Å². The van der Waals surface area contributed by atoms with E-state index in [1.54, 1.807) is 7.11 Å². The molecule has 1 amide bonds. The number of fused-ring (bicyclic) bond motifs is 2. The highest BCUT2D eigenvalue weighted by Crippen LogP contribution is 2.47. The van der Waals surface area contributed by atoms with Crippen molar-refractivity contribution in [2.24, 2.45) is 5.41 Å². The Morgan fingerprint density at radius 2 is 1.93 bits per heavy atom. The molecule has 0 radical (unpaired) electrons. The zero-order chi connectivity index (χ0) is 31.3. The van der Waals surface area contributed by atoms with Crippen LogP contribution in [0.2, 0.25) is 0 Å². The Kier molecular flexibility index (Phi) is 7.47. The molecule has 3 fully saturated rings. The lowest BCUT2D eigenvalue weighted by atomic mass is 9.72. The number of ether oxygens (including phenoxy) is 2. The number of aromatic nitrogens is 4. The minimum absolute atomic E-state index is 0.0146. The van der Waals surface area contributed by atoms with Crippen LogP contribution in [0.15, 0.2) is 43.6 Å². The predicted molar refractivity (Wildman–Crippen MR) is 178 cm³/mol. The van der Waals surface area contributed by atoms with Crippen LogP contribution in [0.4, 0.5) is 5.82 Å². The summed E-state index contributed by atoms with van der Waals surface area (Å²) in [6, 6.07) is 6.98. The largest absolute Gasteiger partial charge is 0.494 e. The Morgan fingerprint density at radius 1 is 1.13 bits per heavy atom. The molecular formula is C35H41N7O3. The second-order valence-corrected chi connectivity index (χ2v) is 12.9. The van der Waals surface area contributed by atoms with Gasteiger partial charge in [0.1, 0.15) is 17.9 Å². The summed E-state index contributed by atoms with van der Waals surface area (Å²) < 4.78 is 12.6. The maximum absolute atomic E-state index is 12.1. The number of carbonyl (C=O) groups is 1. The maximum Gasteiger partial charge on any atom is 0.319 e. The number of benzene rings is 2. The standard InChI is InChI=1S/C35H41N7O3/c1-6-23-17-25-31(32(44-5)30(23)29-22(3)10-11-27-26(29)18-36-39-27)37-34(45-19-24-9-8-14-40(24)4)38-33(25)41-15-12-35(13-16-41)20-42(21-35)28(43)7-2/h6-7,10-11,17-18,24H,1-2,8-9,12-16,19-21H2,3-5H3,(H,36,39)/t24-/m0/s1. The van der Waals surface area contributed by atoms with Crippen molar-refractivity contribution in [1.29, 1.82) is 0 Å². The van der Waals surface area contributed by atoms with E-state index in [9.17, 15) is 4.79 Å². The smallest absolute Gasteiger partial charge is 0.319 e. The van der Waals surface area contributed by atoms with E-state index in [0.717, 1.165) is 96.3 Å². The first-order valence-electron chi connectivity index (χ1n) is 15.8. The zero-order valence-electron chi connectivity index (χ0n) is 26.4. The number of carbonyl (C=O) groups excluding carboxylic acids is 1. The van der Waals surface area contributed by atoms with Crippen LogP contribution in [0.3, 0.4) is 0 Å². The van der Waals surface area contributed by atoms with Crippen molar-refractivity contribution in [3.05, 3.63) is 54.8 Å². The van der Waals surface area contributed by atoms with Crippen LogP contribution < -0.4 is 14.4 Å². The number of H-pyrrole nitrogens is 1. The number of aromatic amines is 1. The summed E-state index contributed by atoms with van der Waals surface area (Å²) in [5.74, 6) is 1.52. The first-order valence-corrected chi connectivity index (χ1v) is 15.8. The van der Waals surface area contributed by atoms with Crippen molar-refractivity contribution < 1.29 is 14.3 Å². The molecular weight excluding hydrogens is 566 g/mol. The fraction of sp³-hybridized carbons (Fsp3) is 0.429. The number of rotatable bonds is 8. The summed E-state index contributed by atoms with van der Waals surface area (Å²) in [5.41, 5.74) is 5.82. The number of piperidine rings is 1. The van der Waals surface area contributed by atoms with E-state index in [0.29, 0.717) is 29.9 Å². The van der Waals surface area contributed by atoms with Crippen LogP contribution in [-0.4, -0.2) is 95.4 Å². The van der Waals surface area contributed by atoms with Crippen LogP contribution in [0.1, 0.15) is 36.8 Å². The first kappa shape index (κ1) is 29.3. The van der Waals surface area contributed by atoms with Crippen molar-refractivity contribution >= 4 is 39.6 Å². The lowest BCUT2D eigenvalue weighted by Gasteiger charge is -2.54. The van der Waals surface area contributed by atoms with Crippen LogP contribution in [0.5, 0.6) is 11.8 Å². The normalized spacial score (nSPS) is 19.7. The molecule has 5 heterocycles. The Morgan fingerprint density at radius 3 is 2.62 bits per heavy atom. The van der Waals surface area contributed by atoms with Gasteiger partial charge in [0.15, 0.2) is 5.75 Å². The summed E-state index contributed by atoms with van der Waals surface area (Å²) in [5, 5.41) is 9.35. The third-order valence-electron chi connectivity index (χ3n) is 10.2. The van der Waals surface area contributed by atoms with E-state index >= 15 is 0 Å². The zero-order valence-corrected chi connectivity index (χ0v) is 26.4. The van der Waals surface area contributed by atoms with E-state index in [1.165, 1.54) is 12.5 Å². The molecule has 3 aliphatic heterocycles. The van der Waals surface area contributed by atoms with E-state index in [2.05, 4.69) is 59.3 Å². The van der Waals surface area contributed by atoms with Gasteiger partial charge in [-0.15, -0.1) is 0 Å². The molecule has 1 atom stereocenters. The quantitative estimate of drug-likeness (QED) is 0.272. The molecule has 1 N–H and O–H groups in total. The van der Waals surface area contributed by atoms with E-state index in [4.69, 9.17) is 19.4 Å². The monoisotopic (exact) mass is 607 g/mol. The maximum atomic E-state index is 12.1. The third kappa shape index (κ3) is 5.01. The highest BCUT2D eigenvalue weighted by molar-refractivity contribution is 6.07. The summed E-state index contributed by atoms with van der Waals surface area (Å²) >= 11 is 0. The summed E-state index contributed by atoms with van der Waals surface area (Å²) in [4.78, 5) is 28.8. The average Bonchev–Trinajstić information content (AvgIpc) is 3.69. The summed E-state index contributed by atoms with van der Waals surface area (Å²) in [6.45, 7) is 14.8. The number of likely N-dealkylation sites (N-methyl/N-ethyl adjacent to an activating group) is 1. The predicted octanol–water partition coefficient (Wildman–Crippen LogP) is 5.22. The Hall–Kier alpha value is -4.44. The third-order valence-corrected chi connectivity index (χ3v) is 10.2. The molecule has 4 aromatic rings. The molecule has 0 saturated carbocycles. The number of methoxy groups -OCH3 is 1. The number of nitrogens with zero attached hydrogens (tertiary/aromatic N) is 6. The molecule has 2 aromatic heterocycles. The van der Waals surface area contributed by atoms with Crippen molar-refractivity contribution in [2.75, 3.05) is 58.4 Å². The lowest BCUT2D eigenvalue weighted by molar-refractivity contribution is -0.139. The van der Waals surface area contributed by atoms with Crippen LogP contribution in [0.25, 0.3) is 39.0 Å². The van der Waals surface area contributed by atoms with Gasteiger partial charge >= 0.3 is 6.01 Å². The topological polar surface area (TPSA) is 99.7 Å². The molecule has 45 heavy (non-hydrogen) atoms. The van der Waals surface area contributed by atoms with E-state index < -0.39 is 0 Å². The highest BCUT2D eigenvalue weighted by atomic mass is 16.5. The Bertz CT molecular complexity index is 1800. The molecule has 3 aliphatic rings. The van der Waals surface area contributed by atoms with Gasteiger partial charge < -0.3 is 24.2 Å². The van der Waals surface area contributed by atoms with Crippen molar-refractivity contribution in [3.63, 3.8) is 0 Å². The van der Waals surface area contributed by atoms with Gasteiger partial charge in [-0.3, -0.25) is 9.89 Å². The number of amides is 1. The SMILES string of the molecule is C=CC(=O)N1CC2(CCN(c3nc(OC[C@@H]4CCCN4C)nc4c(OC)c(-c5c(C)ccc6[nH]ncc56)c(C=C)cc34)CC2)C1. The van der Waals surface area contributed by atoms with Crippen molar-refractivity contribution in [1.82, 2.24) is 30.0 Å². The van der Waals surface area contributed by atoms with Gasteiger partial charge in [0.05, 0.1) is 18.8 Å². The molecule has 3 saturated heterocycles. The number of anilines is 1. The molecule has 10 heteroatoms. The number of aryl methyl sites for hydroxylation is 1.